The first kappa shape index (κ1) is 10.4. The molecule has 0 bridgehead atoms. The zero-order valence-corrected chi connectivity index (χ0v) is 9.47. The van der Waals surface area contributed by atoms with Crippen LogP contribution >= 0.6 is 34.8 Å². The number of halogens is 3. The van der Waals surface area contributed by atoms with Gasteiger partial charge in [-0.2, -0.15) is 0 Å². The molecular formula is C8H6Cl3Si. The van der Waals surface area contributed by atoms with Crippen LogP contribution in [0.4, 0.5) is 0 Å². The Labute approximate surface area is 90.2 Å². The minimum Gasteiger partial charge on any atom is -0.0840 e. The highest BCUT2D eigenvalue weighted by molar-refractivity contribution is 6.43. The topological polar surface area (TPSA) is 0 Å². The van der Waals surface area contributed by atoms with Gasteiger partial charge in [0.15, 0.2) is 0 Å². The third-order valence-corrected chi connectivity index (χ3v) is 2.81. The van der Waals surface area contributed by atoms with Gasteiger partial charge in [-0.3, -0.25) is 0 Å². The maximum absolute atomic E-state index is 5.92. The van der Waals surface area contributed by atoms with Gasteiger partial charge < -0.3 is 0 Å². The van der Waals surface area contributed by atoms with E-state index in [4.69, 9.17) is 34.8 Å². The number of hydrogen-bond acceptors (Lipinski definition) is 0. The molecule has 0 saturated carbocycles. The van der Waals surface area contributed by atoms with Gasteiger partial charge >= 0.3 is 0 Å². The average molecular weight is 237 g/mol. The molecule has 0 amide bonds. The van der Waals surface area contributed by atoms with Crippen LogP contribution in [0.2, 0.25) is 21.1 Å². The molecule has 3 radical (unpaired) electrons. The van der Waals surface area contributed by atoms with Crippen LogP contribution in [0.15, 0.2) is 12.1 Å². The Morgan fingerprint density at radius 1 is 1.00 bits per heavy atom. The fourth-order valence-corrected chi connectivity index (χ4v) is 1.82. The molecule has 0 heterocycles. The van der Waals surface area contributed by atoms with E-state index in [0.29, 0.717) is 15.1 Å². The third kappa shape index (κ3) is 2.40. The summed E-state index contributed by atoms with van der Waals surface area (Å²) >= 11 is 17.5. The summed E-state index contributed by atoms with van der Waals surface area (Å²) in [4.78, 5) is 0. The zero-order chi connectivity index (χ0) is 9.14. The molecule has 1 aromatic carbocycles. The van der Waals surface area contributed by atoms with E-state index < -0.39 is 0 Å². The van der Waals surface area contributed by atoms with Crippen molar-refractivity contribution in [3.63, 3.8) is 0 Å². The van der Waals surface area contributed by atoms with Crippen LogP contribution in [-0.2, 0) is 6.42 Å². The monoisotopic (exact) mass is 235 g/mol. The Hall–Kier alpha value is 0.307. The summed E-state index contributed by atoms with van der Waals surface area (Å²) in [5.74, 6) is 0. The summed E-state index contributed by atoms with van der Waals surface area (Å²) in [5.41, 5.74) is 1.01. The second kappa shape index (κ2) is 4.52. The van der Waals surface area contributed by atoms with Crippen LogP contribution in [0.5, 0.6) is 0 Å². The smallest absolute Gasteiger partial charge is 0.0607 e. The van der Waals surface area contributed by atoms with Crippen LogP contribution in [-0.4, -0.2) is 10.2 Å². The molecule has 0 unspecified atom stereocenters. The van der Waals surface area contributed by atoms with Gasteiger partial charge in [0.05, 0.1) is 10.0 Å². The second-order valence-electron chi connectivity index (χ2n) is 2.36. The molecule has 0 saturated heterocycles. The second-order valence-corrected chi connectivity index (χ2v) is 4.08. The van der Waals surface area contributed by atoms with E-state index in [2.05, 4.69) is 10.2 Å². The SMILES string of the molecule is [Si]CCc1cc(Cl)c(Cl)cc1Cl. The number of rotatable bonds is 2. The van der Waals surface area contributed by atoms with Crippen LogP contribution in [0, 0.1) is 0 Å². The standard InChI is InChI=1S/C8H6Cl3Si/c9-6-4-8(11)7(10)3-5(6)1-2-12/h3-4H,1-2H2. The minimum atomic E-state index is 0.499. The van der Waals surface area contributed by atoms with Crippen molar-refractivity contribution in [2.24, 2.45) is 0 Å². The van der Waals surface area contributed by atoms with E-state index in [0.717, 1.165) is 18.0 Å². The van der Waals surface area contributed by atoms with Gasteiger partial charge in [0.25, 0.3) is 0 Å². The summed E-state index contributed by atoms with van der Waals surface area (Å²) in [6, 6.07) is 4.33. The number of hydrogen-bond donors (Lipinski definition) is 0. The van der Waals surface area contributed by atoms with Crippen molar-refractivity contribution >= 4 is 45.0 Å². The molecule has 0 nitrogen and oxygen atoms in total. The Kier molecular flexibility index (Phi) is 3.91. The summed E-state index contributed by atoms with van der Waals surface area (Å²) < 4.78 is 0. The molecule has 0 aliphatic heterocycles. The lowest BCUT2D eigenvalue weighted by molar-refractivity contribution is 1.13. The van der Waals surface area contributed by atoms with Crippen LogP contribution in [0.3, 0.4) is 0 Å². The van der Waals surface area contributed by atoms with Crippen molar-refractivity contribution < 1.29 is 0 Å². The lowest BCUT2D eigenvalue weighted by Crippen LogP contribution is -1.86. The summed E-state index contributed by atoms with van der Waals surface area (Å²) in [5, 5.41) is 1.72. The summed E-state index contributed by atoms with van der Waals surface area (Å²) in [6.07, 6.45) is 0.854. The van der Waals surface area contributed by atoms with Crippen LogP contribution < -0.4 is 0 Å². The lowest BCUT2D eigenvalue weighted by atomic mass is 10.2. The molecule has 0 fully saturated rings. The molecule has 0 aromatic heterocycles. The van der Waals surface area contributed by atoms with Gasteiger partial charge in [0.1, 0.15) is 0 Å². The molecule has 1 rings (SSSR count). The Balaban J connectivity index is 3.05. The van der Waals surface area contributed by atoms with Crippen LogP contribution in [0.1, 0.15) is 5.56 Å². The Morgan fingerprint density at radius 2 is 1.58 bits per heavy atom. The fourth-order valence-electron chi connectivity index (χ4n) is 0.890. The van der Waals surface area contributed by atoms with E-state index in [9.17, 15) is 0 Å². The first-order valence-electron chi connectivity index (χ1n) is 3.43. The first-order valence-corrected chi connectivity index (χ1v) is 5.27. The lowest BCUT2D eigenvalue weighted by Gasteiger charge is -2.04. The molecule has 0 spiro atoms. The number of aryl methyl sites for hydroxylation is 1. The van der Waals surface area contributed by atoms with E-state index >= 15 is 0 Å². The van der Waals surface area contributed by atoms with E-state index in [-0.39, 0.29) is 0 Å². The third-order valence-electron chi connectivity index (χ3n) is 1.48. The van der Waals surface area contributed by atoms with Crippen molar-refractivity contribution in [3.8, 4) is 0 Å². The maximum atomic E-state index is 5.92. The molecule has 0 aliphatic rings. The van der Waals surface area contributed by atoms with Crippen molar-refractivity contribution in [2.75, 3.05) is 0 Å². The normalized spacial score (nSPS) is 10.3. The van der Waals surface area contributed by atoms with Crippen molar-refractivity contribution in [1.82, 2.24) is 0 Å². The predicted molar refractivity (Wildman–Crippen MR) is 55.7 cm³/mol. The highest BCUT2D eigenvalue weighted by atomic mass is 35.5. The molecule has 0 atom stereocenters. The minimum absolute atomic E-state index is 0.499. The summed E-state index contributed by atoms with van der Waals surface area (Å²) in [6.45, 7) is 0. The van der Waals surface area contributed by atoms with Crippen molar-refractivity contribution in [3.05, 3.63) is 32.8 Å². The van der Waals surface area contributed by atoms with Gasteiger partial charge in [-0.15, -0.1) is 0 Å². The van der Waals surface area contributed by atoms with Gasteiger partial charge in [0, 0.05) is 15.3 Å². The maximum Gasteiger partial charge on any atom is 0.0607 e. The Morgan fingerprint density at radius 3 is 2.17 bits per heavy atom. The molecule has 1 aromatic rings. The van der Waals surface area contributed by atoms with Gasteiger partial charge in [-0.25, -0.2) is 0 Å². The van der Waals surface area contributed by atoms with E-state index in [1.54, 1.807) is 12.1 Å². The summed E-state index contributed by atoms with van der Waals surface area (Å²) in [7, 11) is 3.37. The van der Waals surface area contributed by atoms with Gasteiger partial charge in [0.2, 0.25) is 0 Å². The zero-order valence-electron chi connectivity index (χ0n) is 6.20. The molecular weight excluding hydrogens is 231 g/mol. The molecule has 0 N–H and O–H groups in total. The Bertz CT molecular complexity index is 286. The van der Waals surface area contributed by atoms with Gasteiger partial charge in [-0.05, 0) is 24.1 Å². The van der Waals surface area contributed by atoms with Crippen molar-refractivity contribution in [2.45, 2.75) is 12.5 Å². The van der Waals surface area contributed by atoms with Crippen LogP contribution in [0.25, 0.3) is 0 Å². The molecule has 12 heavy (non-hydrogen) atoms. The van der Waals surface area contributed by atoms with Gasteiger partial charge in [-0.1, -0.05) is 40.8 Å². The first-order chi connectivity index (χ1) is 5.65. The van der Waals surface area contributed by atoms with E-state index in [1.807, 2.05) is 0 Å². The highest BCUT2D eigenvalue weighted by Crippen LogP contribution is 2.29. The fraction of sp³-hybridized carbons (Fsp3) is 0.250. The molecule has 4 heteroatoms. The average Bonchev–Trinajstić information content (AvgIpc) is 2.01. The number of benzene rings is 1. The molecule has 63 valence electrons. The predicted octanol–water partition coefficient (Wildman–Crippen LogP) is 3.78. The van der Waals surface area contributed by atoms with E-state index in [1.165, 1.54) is 0 Å². The van der Waals surface area contributed by atoms with Crippen molar-refractivity contribution in [1.29, 1.82) is 0 Å². The largest absolute Gasteiger partial charge is 0.0840 e. The molecule has 0 aliphatic carbocycles. The highest BCUT2D eigenvalue weighted by Gasteiger charge is 2.04. The quantitative estimate of drug-likeness (QED) is 0.542.